The molecule has 0 radical (unpaired) electrons. The van der Waals surface area contributed by atoms with Crippen molar-refractivity contribution in [3.63, 3.8) is 0 Å². The van der Waals surface area contributed by atoms with E-state index >= 15 is 0 Å². The Balaban J connectivity index is 0.000000762. The highest BCUT2D eigenvalue weighted by Gasteiger charge is 2.38. The molecule has 0 unspecified atom stereocenters. The number of unbranched alkanes of at least 4 members (excludes halogenated alkanes) is 5. The van der Waals surface area contributed by atoms with E-state index in [1.807, 2.05) is 6.92 Å². The zero-order valence-corrected chi connectivity index (χ0v) is 20.9. The number of hydrogen-bond acceptors (Lipinski definition) is 4. The van der Waals surface area contributed by atoms with Gasteiger partial charge >= 0.3 is 12.1 Å². The molecule has 9 heteroatoms. The van der Waals surface area contributed by atoms with Gasteiger partial charge in [-0.3, -0.25) is 4.79 Å². The molecule has 1 amide bonds. The first kappa shape index (κ1) is 30.9. The molecular formula is C26H42F3N3O3. The lowest BCUT2D eigenvalue weighted by molar-refractivity contribution is -0.192. The van der Waals surface area contributed by atoms with Gasteiger partial charge in [-0.1, -0.05) is 62.9 Å². The van der Waals surface area contributed by atoms with Crippen LogP contribution in [0, 0.1) is 0 Å². The number of alkyl halides is 3. The number of piperidine rings is 1. The Hall–Kier alpha value is -2.13. The van der Waals surface area contributed by atoms with Crippen molar-refractivity contribution in [2.24, 2.45) is 5.73 Å². The van der Waals surface area contributed by atoms with Gasteiger partial charge in [0.25, 0.3) is 0 Å². The number of carboxylic acid groups (broad SMARTS) is 1. The Bertz CT molecular complexity index is 709. The lowest BCUT2D eigenvalue weighted by Gasteiger charge is -2.38. The quantitative estimate of drug-likeness (QED) is 0.377. The molecule has 1 aromatic carbocycles. The number of amides is 1. The van der Waals surface area contributed by atoms with Gasteiger partial charge in [-0.05, 0) is 44.2 Å². The summed E-state index contributed by atoms with van der Waals surface area (Å²) >= 11 is 0. The van der Waals surface area contributed by atoms with Crippen LogP contribution in [0.25, 0.3) is 0 Å². The number of halogens is 3. The third-order valence-electron chi connectivity index (χ3n) is 6.28. The van der Waals surface area contributed by atoms with Crippen LogP contribution in [0.15, 0.2) is 30.3 Å². The molecule has 0 aliphatic carbocycles. The summed E-state index contributed by atoms with van der Waals surface area (Å²) in [5.41, 5.74) is 6.97. The summed E-state index contributed by atoms with van der Waals surface area (Å²) in [5.74, 6) is -2.42. The molecule has 1 aliphatic rings. The smallest absolute Gasteiger partial charge is 0.475 e. The third-order valence-corrected chi connectivity index (χ3v) is 6.28. The number of carbonyl (C=O) groups is 2. The highest BCUT2D eigenvalue weighted by molar-refractivity contribution is 5.76. The van der Waals surface area contributed by atoms with Crippen molar-refractivity contribution in [2.75, 3.05) is 32.7 Å². The van der Waals surface area contributed by atoms with Gasteiger partial charge in [-0.2, -0.15) is 13.2 Å². The molecule has 0 atom stereocenters. The summed E-state index contributed by atoms with van der Waals surface area (Å²) in [4.78, 5) is 26.2. The molecule has 0 aromatic heterocycles. The predicted molar refractivity (Wildman–Crippen MR) is 132 cm³/mol. The summed E-state index contributed by atoms with van der Waals surface area (Å²) in [6, 6.07) is 11.2. The zero-order valence-electron chi connectivity index (χ0n) is 20.9. The van der Waals surface area contributed by atoms with Crippen LogP contribution in [0.4, 0.5) is 13.2 Å². The highest BCUT2D eigenvalue weighted by atomic mass is 19.4. The van der Waals surface area contributed by atoms with Crippen molar-refractivity contribution in [1.29, 1.82) is 0 Å². The Morgan fingerprint density at radius 1 is 1.03 bits per heavy atom. The monoisotopic (exact) mass is 501 g/mol. The molecule has 2 rings (SSSR count). The molecule has 200 valence electrons. The van der Waals surface area contributed by atoms with Crippen LogP contribution in [0.5, 0.6) is 0 Å². The van der Waals surface area contributed by atoms with Crippen molar-refractivity contribution < 1.29 is 27.9 Å². The second-order valence-corrected chi connectivity index (χ2v) is 8.96. The Morgan fingerprint density at radius 2 is 1.57 bits per heavy atom. The summed E-state index contributed by atoms with van der Waals surface area (Å²) in [6.45, 7) is 7.10. The van der Waals surface area contributed by atoms with Crippen LogP contribution in [0.3, 0.4) is 0 Å². The van der Waals surface area contributed by atoms with Crippen LogP contribution in [0.2, 0.25) is 0 Å². The predicted octanol–water partition coefficient (Wildman–Crippen LogP) is 4.86. The van der Waals surface area contributed by atoms with E-state index in [0.29, 0.717) is 18.4 Å². The molecule has 0 bridgehead atoms. The second-order valence-electron chi connectivity index (χ2n) is 8.96. The molecular weight excluding hydrogens is 459 g/mol. The van der Waals surface area contributed by atoms with Gasteiger partial charge in [-0.15, -0.1) is 0 Å². The lowest BCUT2D eigenvalue weighted by Crippen LogP contribution is -2.48. The van der Waals surface area contributed by atoms with Crippen molar-refractivity contribution >= 4 is 11.9 Å². The third kappa shape index (κ3) is 13.5. The maximum atomic E-state index is 12.5. The van der Waals surface area contributed by atoms with Gasteiger partial charge in [0.1, 0.15) is 0 Å². The maximum Gasteiger partial charge on any atom is 0.490 e. The van der Waals surface area contributed by atoms with Crippen LogP contribution in [-0.4, -0.2) is 71.7 Å². The molecule has 6 nitrogen and oxygen atoms in total. The molecule has 1 saturated heterocycles. The van der Waals surface area contributed by atoms with Crippen LogP contribution >= 0.6 is 0 Å². The number of aliphatic carboxylic acids is 1. The van der Waals surface area contributed by atoms with Crippen molar-refractivity contribution in [2.45, 2.75) is 83.4 Å². The van der Waals surface area contributed by atoms with E-state index in [9.17, 15) is 18.0 Å². The van der Waals surface area contributed by atoms with Gasteiger partial charge in [0, 0.05) is 38.6 Å². The van der Waals surface area contributed by atoms with Crippen molar-refractivity contribution in [3.8, 4) is 0 Å². The Labute approximate surface area is 207 Å². The number of carboxylic acids is 1. The van der Waals surface area contributed by atoms with Gasteiger partial charge < -0.3 is 20.6 Å². The summed E-state index contributed by atoms with van der Waals surface area (Å²) in [6.07, 6.45) is 6.21. The van der Waals surface area contributed by atoms with E-state index in [1.165, 1.54) is 31.2 Å². The molecule has 1 fully saturated rings. The fraction of sp³-hybridized carbons (Fsp3) is 0.692. The zero-order chi connectivity index (χ0) is 26.1. The Kier molecular flexibility index (Phi) is 15.3. The minimum atomic E-state index is -5.08. The standard InChI is InChI=1S/C24H41N3O.C2HF3O2/c1-2-24(28)27(18-11-6-4-3-5-10-17-25)23-15-20-26(21-16-23)19-14-22-12-8-7-9-13-22;3-2(4,5)1(6)7/h7-9,12-13,23H,2-6,10-11,14-21,25H2,1H3;(H,6,7). The van der Waals surface area contributed by atoms with Crippen molar-refractivity contribution in [1.82, 2.24) is 9.80 Å². The van der Waals surface area contributed by atoms with Gasteiger partial charge in [-0.25, -0.2) is 4.79 Å². The average Bonchev–Trinajstić information content (AvgIpc) is 2.85. The lowest BCUT2D eigenvalue weighted by atomic mass is 10.0. The van der Waals surface area contributed by atoms with E-state index in [1.54, 1.807) is 0 Å². The first-order valence-corrected chi connectivity index (χ1v) is 12.7. The van der Waals surface area contributed by atoms with Crippen molar-refractivity contribution in [3.05, 3.63) is 35.9 Å². The van der Waals surface area contributed by atoms with Gasteiger partial charge in [0.15, 0.2) is 0 Å². The molecule has 35 heavy (non-hydrogen) atoms. The average molecular weight is 502 g/mol. The number of nitrogens with two attached hydrogens (primary N) is 1. The largest absolute Gasteiger partial charge is 0.490 e. The van der Waals surface area contributed by atoms with E-state index in [-0.39, 0.29) is 0 Å². The van der Waals surface area contributed by atoms with Gasteiger partial charge in [0.05, 0.1) is 0 Å². The fourth-order valence-electron chi connectivity index (χ4n) is 4.23. The van der Waals surface area contributed by atoms with Crippen LogP contribution in [-0.2, 0) is 16.0 Å². The number of likely N-dealkylation sites (tertiary alicyclic amines) is 1. The highest BCUT2D eigenvalue weighted by Crippen LogP contribution is 2.19. The van der Waals surface area contributed by atoms with E-state index < -0.39 is 12.1 Å². The van der Waals surface area contributed by atoms with Gasteiger partial charge in [0.2, 0.25) is 5.91 Å². The molecule has 0 saturated carbocycles. The normalized spacial score (nSPS) is 14.8. The summed E-state index contributed by atoms with van der Waals surface area (Å²) < 4.78 is 31.7. The number of rotatable bonds is 13. The number of hydrogen-bond donors (Lipinski definition) is 2. The minimum absolute atomic E-state index is 0.339. The molecule has 1 aliphatic heterocycles. The maximum absolute atomic E-state index is 12.5. The first-order valence-electron chi connectivity index (χ1n) is 12.7. The molecule has 1 heterocycles. The fourth-order valence-corrected chi connectivity index (χ4v) is 4.23. The van der Waals surface area contributed by atoms with E-state index in [4.69, 9.17) is 15.6 Å². The topological polar surface area (TPSA) is 86.9 Å². The van der Waals surface area contributed by atoms with Crippen LogP contribution in [0.1, 0.15) is 70.3 Å². The SMILES string of the molecule is CCC(=O)N(CCCCCCCCN)C1CCN(CCc2ccccc2)CC1.O=C(O)C(F)(F)F. The molecule has 1 aromatic rings. The minimum Gasteiger partial charge on any atom is -0.475 e. The number of nitrogens with zero attached hydrogens (tertiary/aromatic N) is 2. The molecule has 3 N–H and O–H groups in total. The van der Waals surface area contributed by atoms with Crippen LogP contribution < -0.4 is 5.73 Å². The first-order chi connectivity index (χ1) is 16.7. The Morgan fingerprint density at radius 3 is 2.09 bits per heavy atom. The second kappa shape index (κ2) is 17.3. The number of benzene rings is 1. The van der Waals surface area contributed by atoms with E-state index in [0.717, 1.165) is 64.8 Å². The van der Waals surface area contributed by atoms with E-state index in [2.05, 4.69) is 40.1 Å². The number of carbonyl (C=O) groups excluding carboxylic acids is 1. The summed E-state index contributed by atoms with van der Waals surface area (Å²) in [7, 11) is 0. The molecule has 0 spiro atoms. The summed E-state index contributed by atoms with van der Waals surface area (Å²) in [5, 5.41) is 7.12.